The Kier molecular flexibility index (Phi) is 6.56. The van der Waals surface area contributed by atoms with Crippen LogP contribution in [0.25, 0.3) is 21.9 Å². The van der Waals surface area contributed by atoms with Crippen LogP contribution in [0.1, 0.15) is 54.6 Å². The molecular formula is C25H24F3N5O6. The first-order chi connectivity index (χ1) is 18.4. The standard InChI is InChI=1S/C25H24F3N5O6/c1-2-39-22(34)15-10-20(31-21-14(15)8-5-9-16(21)24(26,27)28)30-19-11-17-18(12-29-19)33(25(36,37)38)23(35)32(17)13-6-3-4-7-13/h5,8-13,36-38H,2-4,6-7H2,1H3,(H,29,30,31). The molecule has 0 unspecified atom stereocenters. The van der Waals surface area contributed by atoms with Crippen molar-refractivity contribution in [3.05, 3.63) is 58.1 Å². The Morgan fingerprint density at radius 1 is 1.13 bits per heavy atom. The molecule has 1 fully saturated rings. The summed E-state index contributed by atoms with van der Waals surface area (Å²) in [5, 5.41) is 32.2. The van der Waals surface area contributed by atoms with Gasteiger partial charge in [0, 0.05) is 17.5 Å². The number of carbonyl (C=O) groups is 1. The van der Waals surface area contributed by atoms with Crippen LogP contribution < -0.4 is 11.0 Å². The summed E-state index contributed by atoms with van der Waals surface area (Å²) < 4.78 is 48.1. The number of aromatic nitrogens is 4. The number of imidazole rings is 1. The average molecular weight is 547 g/mol. The third-order valence-corrected chi connectivity index (χ3v) is 6.65. The third kappa shape index (κ3) is 4.82. The Hall–Kier alpha value is -4.01. The smallest absolute Gasteiger partial charge is 0.418 e. The predicted molar refractivity (Wildman–Crippen MR) is 132 cm³/mol. The van der Waals surface area contributed by atoms with Crippen LogP contribution in [-0.4, -0.2) is 47.0 Å². The molecule has 1 aliphatic rings. The van der Waals surface area contributed by atoms with Gasteiger partial charge >= 0.3 is 23.9 Å². The van der Waals surface area contributed by atoms with Gasteiger partial charge in [0.05, 0.1) is 40.5 Å². The van der Waals surface area contributed by atoms with Crippen LogP contribution in [0, 0.1) is 0 Å². The van der Waals surface area contributed by atoms with E-state index in [0.717, 1.165) is 25.1 Å². The van der Waals surface area contributed by atoms with Crippen LogP contribution >= 0.6 is 0 Å². The maximum atomic E-state index is 13.8. The highest BCUT2D eigenvalue weighted by molar-refractivity contribution is 6.05. The zero-order valence-corrected chi connectivity index (χ0v) is 20.6. The van der Waals surface area contributed by atoms with Crippen LogP contribution in [0.4, 0.5) is 24.8 Å². The highest BCUT2D eigenvalue weighted by Gasteiger charge is 2.35. The van der Waals surface area contributed by atoms with Crippen molar-refractivity contribution in [1.82, 2.24) is 19.1 Å². The van der Waals surface area contributed by atoms with Crippen molar-refractivity contribution >= 4 is 39.5 Å². The van der Waals surface area contributed by atoms with E-state index < -0.39 is 35.0 Å². The molecule has 0 atom stereocenters. The van der Waals surface area contributed by atoms with Gasteiger partial charge in [-0.05, 0) is 31.9 Å². The lowest BCUT2D eigenvalue weighted by atomic mass is 10.0. The summed E-state index contributed by atoms with van der Waals surface area (Å²) in [6.07, 6.45) is -4.14. The van der Waals surface area contributed by atoms with Gasteiger partial charge in [-0.3, -0.25) is 4.57 Å². The molecule has 5 rings (SSSR count). The normalized spacial score (nSPS) is 14.8. The number of alkyl halides is 3. The zero-order chi connectivity index (χ0) is 28.1. The maximum Gasteiger partial charge on any atom is 0.418 e. The number of nitrogens with zero attached hydrogens (tertiary/aromatic N) is 4. The molecule has 0 aliphatic heterocycles. The second-order valence-corrected chi connectivity index (χ2v) is 9.18. The van der Waals surface area contributed by atoms with E-state index in [1.165, 1.54) is 28.8 Å². The second-order valence-electron chi connectivity index (χ2n) is 9.18. The largest absolute Gasteiger partial charge is 0.462 e. The van der Waals surface area contributed by atoms with Crippen molar-refractivity contribution in [3.8, 4) is 0 Å². The van der Waals surface area contributed by atoms with Crippen LogP contribution in [0.2, 0.25) is 0 Å². The molecule has 206 valence electrons. The average Bonchev–Trinajstić information content (AvgIpc) is 3.47. The van der Waals surface area contributed by atoms with Crippen LogP contribution in [0.3, 0.4) is 0 Å². The minimum atomic E-state index is -4.75. The van der Waals surface area contributed by atoms with Gasteiger partial charge in [-0.2, -0.15) is 13.2 Å². The zero-order valence-electron chi connectivity index (χ0n) is 20.6. The van der Waals surface area contributed by atoms with E-state index in [9.17, 15) is 38.1 Å². The third-order valence-electron chi connectivity index (χ3n) is 6.65. The highest BCUT2D eigenvalue weighted by Crippen LogP contribution is 2.37. The maximum absolute atomic E-state index is 13.8. The van der Waals surface area contributed by atoms with Gasteiger partial charge in [0.1, 0.15) is 11.6 Å². The van der Waals surface area contributed by atoms with Gasteiger partial charge in [-0.15, -0.1) is 0 Å². The first-order valence-electron chi connectivity index (χ1n) is 12.2. The summed E-state index contributed by atoms with van der Waals surface area (Å²) in [5.41, 5.74) is -2.41. The molecule has 1 aliphatic carbocycles. The van der Waals surface area contributed by atoms with Gasteiger partial charge in [-0.25, -0.2) is 24.1 Å². The Morgan fingerprint density at radius 2 is 1.85 bits per heavy atom. The molecule has 0 bridgehead atoms. The van der Waals surface area contributed by atoms with E-state index in [2.05, 4.69) is 15.3 Å². The number of esters is 1. The topological polar surface area (TPSA) is 152 Å². The first kappa shape index (κ1) is 26.6. The quantitative estimate of drug-likeness (QED) is 0.210. The molecule has 0 radical (unpaired) electrons. The molecule has 3 aromatic heterocycles. The molecule has 1 saturated carbocycles. The summed E-state index contributed by atoms with van der Waals surface area (Å²) in [7, 11) is 0. The predicted octanol–water partition coefficient (Wildman–Crippen LogP) is 3.35. The number of carbonyl (C=O) groups excluding carboxylic acids is 1. The van der Waals surface area contributed by atoms with Gasteiger partial charge < -0.3 is 25.4 Å². The number of hydrogen-bond acceptors (Lipinski definition) is 9. The van der Waals surface area contributed by atoms with Gasteiger partial charge in [0.15, 0.2) is 0 Å². The van der Waals surface area contributed by atoms with Crippen LogP contribution in [-0.2, 0) is 17.0 Å². The number of nitrogens with one attached hydrogen (secondary N) is 1. The van der Waals surface area contributed by atoms with E-state index >= 15 is 0 Å². The van der Waals surface area contributed by atoms with Crippen LogP contribution in [0.5, 0.6) is 0 Å². The number of rotatable bonds is 6. The number of halogens is 3. The number of fused-ring (bicyclic) bond motifs is 2. The van der Waals surface area contributed by atoms with Gasteiger partial charge in [-0.1, -0.05) is 25.0 Å². The number of para-hydroxylation sites is 1. The first-order valence-corrected chi connectivity index (χ1v) is 12.2. The summed E-state index contributed by atoms with van der Waals surface area (Å²) in [5.74, 6) is -0.950. The second kappa shape index (κ2) is 9.63. The number of aliphatic hydroxyl groups is 3. The lowest BCUT2D eigenvalue weighted by Crippen LogP contribution is -2.41. The van der Waals surface area contributed by atoms with E-state index in [0.29, 0.717) is 17.4 Å². The molecule has 14 heteroatoms. The lowest BCUT2D eigenvalue weighted by molar-refractivity contribution is -0.374. The molecule has 11 nitrogen and oxygen atoms in total. The van der Waals surface area contributed by atoms with Gasteiger partial charge in [0.2, 0.25) is 0 Å². The van der Waals surface area contributed by atoms with E-state index in [-0.39, 0.29) is 46.3 Å². The fourth-order valence-electron chi connectivity index (χ4n) is 5.04. The number of ether oxygens (including phenoxy) is 1. The molecule has 3 heterocycles. The fourth-order valence-corrected chi connectivity index (χ4v) is 5.04. The lowest BCUT2D eigenvalue weighted by Gasteiger charge is -2.15. The van der Waals surface area contributed by atoms with Crippen molar-refractivity contribution < 1.29 is 38.0 Å². The van der Waals surface area contributed by atoms with Crippen molar-refractivity contribution in [2.75, 3.05) is 11.9 Å². The highest BCUT2D eigenvalue weighted by atomic mass is 19.4. The monoisotopic (exact) mass is 547 g/mol. The Morgan fingerprint density at radius 3 is 2.49 bits per heavy atom. The SMILES string of the molecule is CCOC(=O)c1cc(Nc2cc3c(cn2)n(C(O)(O)O)c(=O)n3C2CCCC2)nc2c(C(F)(F)F)cccc12. The molecule has 39 heavy (non-hydrogen) atoms. The molecule has 4 aromatic rings. The van der Waals surface area contributed by atoms with E-state index in [1.807, 2.05) is 0 Å². The molecule has 0 amide bonds. The summed E-state index contributed by atoms with van der Waals surface area (Å²) >= 11 is 0. The number of anilines is 2. The Bertz CT molecular complexity index is 1630. The summed E-state index contributed by atoms with van der Waals surface area (Å²) in [6.45, 7) is 1.57. The Balaban J connectivity index is 1.67. The minimum absolute atomic E-state index is 0.000340. The van der Waals surface area contributed by atoms with E-state index in [1.54, 1.807) is 6.92 Å². The Labute approximate surface area is 218 Å². The van der Waals surface area contributed by atoms with Crippen molar-refractivity contribution in [2.45, 2.75) is 50.9 Å². The van der Waals surface area contributed by atoms with Crippen molar-refractivity contribution in [3.63, 3.8) is 0 Å². The molecule has 0 saturated heterocycles. The van der Waals surface area contributed by atoms with Crippen molar-refractivity contribution in [1.29, 1.82) is 0 Å². The summed E-state index contributed by atoms with van der Waals surface area (Å²) in [4.78, 5) is 33.9. The molecular weight excluding hydrogens is 523 g/mol. The number of hydrogen-bond donors (Lipinski definition) is 4. The van der Waals surface area contributed by atoms with Gasteiger partial charge in [0.25, 0.3) is 0 Å². The van der Waals surface area contributed by atoms with Crippen LogP contribution in [0.15, 0.2) is 41.3 Å². The number of pyridine rings is 2. The van der Waals surface area contributed by atoms with Crippen molar-refractivity contribution in [2.24, 2.45) is 0 Å². The molecule has 1 aromatic carbocycles. The number of benzene rings is 1. The molecule has 0 spiro atoms. The van der Waals surface area contributed by atoms with E-state index in [4.69, 9.17) is 4.74 Å². The summed E-state index contributed by atoms with van der Waals surface area (Å²) in [6, 6.07) is 5.71. The molecule has 4 N–H and O–H groups in total. The minimum Gasteiger partial charge on any atom is -0.462 e. The fraction of sp³-hybridized carbons (Fsp3) is 0.360.